The van der Waals surface area contributed by atoms with Gasteiger partial charge in [0.2, 0.25) is 0 Å². The quantitative estimate of drug-likeness (QED) is 0.782. The minimum Gasteiger partial charge on any atom is -0.451 e. The van der Waals surface area contributed by atoms with Gasteiger partial charge in [0.25, 0.3) is 5.91 Å². The van der Waals surface area contributed by atoms with E-state index in [1.165, 1.54) is 17.7 Å². The Labute approximate surface area is 151 Å². The molecule has 2 heterocycles. The first-order valence-electron chi connectivity index (χ1n) is 8.81. The van der Waals surface area contributed by atoms with Gasteiger partial charge in [-0.05, 0) is 43.1 Å². The minimum atomic E-state index is -0.339. The summed E-state index contributed by atoms with van der Waals surface area (Å²) in [4.78, 5) is 14.9. The average molecular weight is 352 g/mol. The van der Waals surface area contributed by atoms with Crippen LogP contribution in [0.5, 0.6) is 0 Å². The predicted octanol–water partition coefficient (Wildman–Crippen LogP) is 3.69. The zero-order valence-electron chi connectivity index (χ0n) is 14.6. The highest BCUT2D eigenvalue weighted by atomic mass is 19.1. The fourth-order valence-electron chi connectivity index (χ4n) is 3.89. The summed E-state index contributed by atoms with van der Waals surface area (Å²) in [7, 11) is 0. The molecule has 0 aliphatic carbocycles. The number of carbonyl (C=O) groups excluding carboxylic acids is 1. The van der Waals surface area contributed by atoms with Crippen LogP contribution in [0.2, 0.25) is 0 Å². The number of hydrogen-bond acceptors (Lipinski definition) is 3. The molecule has 0 spiro atoms. The van der Waals surface area contributed by atoms with Crippen LogP contribution >= 0.6 is 0 Å². The number of furan rings is 1. The lowest BCUT2D eigenvalue weighted by Crippen LogP contribution is -2.30. The first kappa shape index (κ1) is 16.8. The molecule has 2 aromatic carbocycles. The van der Waals surface area contributed by atoms with E-state index in [1.54, 1.807) is 17.9 Å². The van der Waals surface area contributed by atoms with Gasteiger partial charge in [0, 0.05) is 30.0 Å². The van der Waals surface area contributed by atoms with E-state index in [0.717, 1.165) is 0 Å². The second-order valence-electron chi connectivity index (χ2n) is 6.92. The third-order valence-corrected chi connectivity index (χ3v) is 5.35. The van der Waals surface area contributed by atoms with Gasteiger partial charge in [-0.25, -0.2) is 4.39 Å². The monoisotopic (exact) mass is 352 g/mol. The summed E-state index contributed by atoms with van der Waals surface area (Å²) in [6.07, 6.45) is 0. The molecule has 1 saturated heterocycles. The second-order valence-corrected chi connectivity index (χ2v) is 6.92. The maximum Gasteiger partial charge on any atom is 0.289 e. The van der Waals surface area contributed by atoms with Crippen molar-refractivity contribution in [3.8, 4) is 0 Å². The Bertz CT molecular complexity index is 951. The van der Waals surface area contributed by atoms with Crippen molar-refractivity contribution in [1.29, 1.82) is 0 Å². The van der Waals surface area contributed by atoms with E-state index in [0.29, 0.717) is 36.2 Å². The minimum absolute atomic E-state index is 0.156. The molecule has 5 heteroatoms. The van der Waals surface area contributed by atoms with Gasteiger partial charge in [0.05, 0.1) is 0 Å². The molecule has 1 aliphatic rings. The molecule has 4 nitrogen and oxygen atoms in total. The third-order valence-electron chi connectivity index (χ3n) is 5.35. The van der Waals surface area contributed by atoms with Gasteiger partial charge in [0.1, 0.15) is 11.4 Å². The van der Waals surface area contributed by atoms with Crippen LogP contribution < -0.4 is 5.73 Å². The summed E-state index contributed by atoms with van der Waals surface area (Å²) < 4.78 is 19.3. The topological polar surface area (TPSA) is 59.5 Å². The zero-order chi connectivity index (χ0) is 18.3. The Balaban J connectivity index is 1.64. The molecule has 0 saturated carbocycles. The molecule has 0 radical (unpaired) electrons. The van der Waals surface area contributed by atoms with E-state index in [-0.39, 0.29) is 29.3 Å². The fraction of sp³-hybridized carbons (Fsp3) is 0.286. The SMILES string of the molecule is Cc1c(C(=O)N2C[C@@H](CN)[C@H](c3ccccc3)C2)oc2ccc(F)cc12. The lowest BCUT2D eigenvalue weighted by molar-refractivity contribution is 0.0756. The van der Waals surface area contributed by atoms with Gasteiger partial charge < -0.3 is 15.1 Å². The number of hydrogen-bond donors (Lipinski definition) is 1. The van der Waals surface area contributed by atoms with E-state index in [1.807, 2.05) is 18.2 Å². The summed E-state index contributed by atoms with van der Waals surface area (Å²) >= 11 is 0. The molecule has 1 aliphatic heterocycles. The molecule has 3 aromatic rings. The van der Waals surface area contributed by atoms with Gasteiger partial charge in [-0.2, -0.15) is 0 Å². The number of benzene rings is 2. The number of nitrogens with zero attached hydrogens (tertiary/aromatic N) is 1. The first-order chi connectivity index (χ1) is 12.6. The average Bonchev–Trinajstić information content (AvgIpc) is 3.24. The fourth-order valence-corrected chi connectivity index (χ4v) is 3.89. The van der Waals surface area contributed by atoms with E-state index in [4.69, 9.17) is 10.2 Å². The van der Waals surface area contributed by atoms with Crippen LogP contribution in [-0.2, 0) is 0 Å². The van der Waals surface area contributed by atoms with E-state index in [9.17, 15) is 9.18 Å². The van der Waals surface area contributed by atoms with Crippen molar-refractivity contribution in [1.82, 2.24) is 4.90 Å². The smallest absolute Gasteiger partial charge is 0.289 e. The number of rotatable bonds is 3. The van der Waals surface area contributed by atoms with Crippen molar-refractivity contribution in [2.75, 3.05) is 19.6 Å². The van der Waals surface area contributed by atoms with E-state index >= 15 is 0 Å². The summed E-state index contributed by atoms with van der Waals surface area (Å²) in [6.45, 7) is 3.52. The molecule has 26 heavy (non-hydrogen) atoms. The maximum absolute atomic E-state index is 13.5. The largest absolute Gasteiger partial charge is 0.451 e. The second kappa shape index (κ2) is 6.57. The van der Waals surface area contributed by atoms with Crippen LogP contribution in [0, 0.1) is 18.7 Å². The highest BCUT2D eigenvalue weighted by molar-refractivity contribution is 5.99. The number of likely N-dealkylation sites (tertiary alicyclic amines) is 1. The highest BCUT2D eigenvalue weighted by Gasteiger charge is 2.37. The first-order valence-corrected chi connectivity index (χ1v) is 8.81. The van der Waals surface area contributed by atoms with Gasteiger partial charge in [-0.15, -0.1) is 0 Å². The van der Waals surface area contributed by atoms with Crippen LogP contribution in [0.25, 0.3) is 11.0 Å². The Morgan fingerprint density at radius 1 is 1.23 bits per heavy atom. The molecular formula is C21H21FN2O2. The van der Waals surface area contributed by atoms with E-state index in [2.05, 4.69) is 12.1 Å². The predicted molar refractivity (Wildman–Crippen MR) is 98.5 cm³/mol. The Kier molecular flexibility index (Phi) is 4.24. The zero-order valence-corrected chi connectivity index (χ0v) is 14.6. The lowest BCUT2D eigenvalue weighted by atomic mass is 9.89. The summed E-state index contributed by atoms with van der Waals surface area (Å²) in [5, 5.41) is 0.641. The normalized spacial score (nSPS) is 20.0. The molecule has 134 valence electrons. The Morgan fingerprint density at radius 3 is 2.73 bits per heavy atom. The van der Waals surface area contributed by atoms with Crippen LogP contribution in [0.3, 0.4) is 0 Å². The molecule has 4 rings (SSSR count). The lowest BCUT2D eigenvalue weighted by Gasteiger charge is -2.16. The molecule has 2 atom stereocenters. The third kappa shape index (κ3) is 2.78. The molecule has 1 aromatic heterocycles. The van der Waals surface area contributed by atoms with E-state index < -0.39 is 0 Å². The number of halogens is 1. The number of amides is 1. The Morgan fingerprint density at radius 2 is 2.00 bits per heavy atom. The number of fused-ring (bicyclic) bond motifs is 1. The highest BCUT2D eigenvalue weighted by Crippen LogP contribution is 2.34. The van der Waals surface area contributed by atoms with Crippen molar-refractivity contribution in [3.63, 3.8) is 0 Å². The van der Waals surface area contributed by atoms with Crippen molar-refractivity contribution >= 4 is 16.9 Å². The molecular weight excluding hydrogens is 331 g/mol. The summed E-state index contributed by atoms with van der Waals surface area (Å²) in [5.41, 5.74) is 8.37. The van der Waals surface area contributed by atoms with Crippen LogP contribution in [0.15, 0.2) is 52.9 Å². The van der Waals surface area contributed by atoms with Crippen molar-refractivity contribution in [3.05, 3.63) is 71.2 Å². The molecule has 1 amide bonds. The number of carbonyl (C=O) groups is 1. The maximum atomic E-state index is 13.5. The number of nitrogens with two attached hydrogens (primary N) is 1. The van der Waals surface area contributed by atoms with Crippen LogP contribution in [0.4, 0.5) is 4.39 Å². The van der Waals surface area contributed by atoms with Crippen molar-refractivity contribution in [2.24, 2.45) is 11.7 Å². The van der Waals surface area contributed by atoms with Gasteiger partial charge in [-0.3, -0.25) is 4.79 Å². The van der Waals surface area contributed by atoms with Gasteiger partial charge in [-0.1, -0.05) is 30.3 Å². The summed E-state index contributed by atoms with van der Waals surface area (Å²) in [5.74, 6) is 0.218. The molecule has 0 unspecified atom stereocenters. The molecule has 2 N–H and O–H groups in total. The van der Waals surface area contributed by atoms with Gasteiger partial charge in [0.15, 0.2) is 5.76 Å². The molecule has 0 bridgehead atoms. The van der Waals surface area contributed by atoms with Gasteiger partial charge >= 0.3 is 0 Å². The number of aryl methyl sites for hydroxylation is 1. The Hall–Kier alpha value is -2.66. The van der Waals surface area contributed by atoms with Crippen LogP contribution in [-0.4, -0.2) is 30.4 Å². The summed E-state index contributed by atoms with van der Waals surface area (Å²) in [6, 6.07) is 14.5. The van der Waals surface area contributed by atoms with Crippen LogP contribution in [0.1, 0.15) is 27.6 Å². The van der Waals surface area contributed by atoms with Crippen molar-refractivity contribution < 1.29 is 13.6 Å². The van der Waals surface area contributed by atoms with Crippen molar-refractivity contribution in [2.45, 2.75) is 12.8 Å². The molecule has 1 fully saturated rings. The standard InChI is InChI=1S/C21H21FN2O2/c1-13-17-9-16(22)7-8-19(17)26-20(13)21(25)24-11-15(10-23)18(12-24)14-5-3-2-4-6-14/h2-9,15,18H,10-12,23H2,1H3/t15-,18+/m1/s1.